The molecule has 1 N–H and O–H groups in total. The average molecular weight is 532 g/mol. The predicted molar refractivity (Wildman–Crippen MR) is 128 cm³/mol. The first kappa shape index (κ1) is 26.3. The van der Waals surface area contributed by atoms with Gasteiger partial charge in [0.1, 0.15) is 4.90 Å². The molecule has 0 fully saturated rings. The number of alkyl halides is 3. The summed E-state index contributed by atoms with van der Waals surface area (Å²) < 4.78 is 70.0. The maximum absolute atomic E-state index is 14.0. The van der Waals surface area contributed by atoms with E-state index in [4.69, 9.17) is 23.2 Å². The molecular weight excluding hydrogens is 510 g/mol. The van der Waals surface area contributed by atoms with Crippen molar-refractivity contribution < 1.29 is 26.7 Å². The fourth-order valence-electron chi connectivity index (χ4n) is 3.51. The van der Waals surface area contributed by atoms with Gasteiger partial charge in [-0.2, -0.15) is 13.2 Å². The van der Waals surface area contributed by atoms with Gasteiger partial charge in [-0.05, 0) is 47.4 Å². The Hall–Kier alpha value is -2.26. The monoisotopic (exact) mass is 531 g/mol. The molecule has 0 bridgehead atoms. The molecule has 0 heterocycles. The Labute approximate surface area is 206 Å². The third kappa shape index (κ3) is 5.05. The molecule has 10 heteroatoms. The normalized spacial score (nSPS) is 14.1. The molecule has 3 rings (SSSR count). The number of hydrogen-bond acceptors (Lipinski definition) is 3. The van der Waals surface area contributed by atoms with Crippen LogP contribution in [0.15, 0.2) is 77.7 Å². The average Bonchev–Trinajstić information content (AvgIpc) is 2.78. The van der Waals surface area contributed by atoms with E-state index >= 15 is 0 Å². The van der Waals surface area contributed by atoms with E-state index in [1.807, 2.05) is 0 Å². The van der Waals surface area contributed by atoms with E-state index in [0.717, 1.165) is 16.4 Å². The summed E-state index contributed by atoms with van der Waals surface area (Å²) in [6, 6.07) is 15.3. The molecule has 4 nitrogen and oxygen atoms in total. The Bertz CT molecular complexity index is 1250. The van der Waals surface area contributed by atoms with Gasteiger partial charge in [-0.15, -0.1) is 0 Å². The van der Waals surface area contributed by atoms with Crippen LogP contribution in [0.3, 0.4) is 0 Å². The largest absolute Gasteiger partial charge is 0.425 e. The molecule has 0 aliphatic heterocycles. The first-order valence-electron chi connectivity index (χ1n) is 10.2. The van der Waals surface area contributed by atoms with E-state index in [1.54, 1.807) is 19.9 Å². The summed E-state index contributed by atoms with van der Waals surface area (Å²) in [6.07, 6.45) is -5.02. The molecular formula is C24H22Cl2F3NO3S. The second kappa shape index (κ2) is 9.77. The molecule has 0 aliphatic carbocycles. The fourth-order valence-corrected chi connectivity index (χ4v) is 5.88. The Balaban J connectivity index is 2.12. The zero-order valence-electron chi connectivity index (χ0n) is 18.2. The fraction of sp³-hybridized carbons (Fsp3) is 0.250. The summed E-state index contributed by atoms with van der Waals surface area (Å²) >= 11 is 12.1. The molecule has 0 saturated heterocycles. The molecule has 3 aromatic rings. The third-order valence-corrected chi connectivity index (χ3v) is 7.68. The number of nitrogens with zero attached hydrogens (tertiary/aromatic N) is 1. The Morgan fingerprint density at radius 2 is 1.47 bits per heavy atom. The van der Waals surface area contributed by atoms with E-state index in [-0.39, 0.29) is 38.7 Å². The zero-order chi connectivity index (χ0) is 25.3. The van der Waals surface area contributed by atoms with Crippen molar-refractivity contribution in [3.8, 4) is 0 Å². The molecule has 0 saturated carbocycles. The van der Waals surface area contributed by atoms with Crippen LogP contribution in [0.2, 0.25) is 10.0 Å². The maximum atomic E-state index is 14.0. The minimum absolute atomic E-state index is 0.0345. The molecule has 3 aromatic carbocycles. The summed E-state index contributed by atoms with van der Waals surface area (Å²) in [5.41, 5.74) is -3.96. The van der Waals surface area contributed by atoms with Crippen LogP contribution in [0.1, 0.15) is 25.0 Å². The summed E-state index contributed by atoms with van der Waals surface area (Å²) in [5, 5.41) is 10.9. The Morgan fingerprint density at radius 1 is 0.912 bits per heavy atom. The number of sulfonamides is 1. The molecule has 0 radical (unpaired) electrons. The van der Waals surface area contributed by atoms with Gasteiger partial charge >= 0.3 is 6.18 Å². The van der Waals surface area contributed by atoms with Crippen LogP contribution in [0, 0.1) is 5.92 Å². The second-order valence-electron chi connectivity index (χ2n) is 8.13. The quantitative estimate of drug-likeness (QED) is 0.371. The van der Waals surface area contributed by atoms with Gasteiger partial charge < -0.3 is 5.11 Å². The van der Waals surface area contributed by atoms with Crippen molar-refractivity contribution in [2.75, 3.05) is 10.8 Å². The topological polar surface area (TPSA) is 57.6 Å². The highest BCUT2D eigenvalue weighted by atomic mass is 35.5. The second-order valence-corrected chi connectivity index (χ2v) is 10.8. The number of halogens is 5. The molecule has 34 heavy (non-hydrogen) atoms. The van der Waals surface area contributed by atoms with Gasteiger partial charge in [0.15, 0.2) is 0 Å². The highest BCUT2D eigenvalue weighted by molar-refractivity contribution is 7.93. The predicted octanol–water partition coefficient (Wildman–Crippen LogP) is 6.64. The van der Waals surface area contributed by atoms with Crippen LogP contribution in [0.5, 0.6) is 0 Å². The van der Waals surface area contributed by atoms with Gasteiger partial charge in [-0.25, -0.2) is 8.42 Å². The lowest BCUT2D eigenvalue weighted by Crippen LogP contribution is -2.43. The summed E-state index contributed by atoms with van der Waals surface area (Å²) in [4.78, 5) is -0.220. The van der Waals surface area contributed by atoms with Gasteiger partial charge in [0.05, 0.1) is 10.7 Å². The third-order valence-electron chi connectivity index (χ3n) is 5.17. The Kier molecular flexibility index (Phi) is 7.57. The smallest absolute Gasteiger partial charge is 0.372 e. The van der Waals surface area contributed by atoms with Gasteiger partial charge in [0.25, 0.3) is 10.0 Å². The van der Waals surface area contributed by atoms with Crippen molar-refractivity contribution in [2.45, 2.75) is 30.5 Å². The minimum Gasteiger partial charge on any atom is -0.372 e. The molecule has 0 aliphatic rings. The Morgan fingerprint density at radius 3 is 2.00 bits per heavy atom. The molecule has 1 atom stereocenters. The van der Waals surface area contributed by atoms with Gasteiger partial charge in [-0.1, -0.05) is 79.5 Å². The minimum atomic E-state index is -5.02. The van der Waals surface area contributed by atoms with E-state index in [1.165, 1.54) is 54.6 Å². The highest BCUT2D eigenvalue weighted by Gasteiger charge is 2.56. The van der Waals surface area contributed by atoms with Crippen LogP contribution < -0.4 is 4.31 Å². The van der Waals surface area contributed by atoms with Crippen LogP contribution in [-0.4, -0.2) is 26.2 Å². The summed E-state index contributed by atoms with van der Waals surface area (Å²) in [5.74, 6) is -0.121. The molecule has 0 spiro atoms. The van der Waals surface area contributed by atoms with Crippen LogP contribution in [-0.2, 0) is 15.6 Å². The van der Waals surface area contributed by atoms with Crippen LogP contribution in [0.4, 0.5) is 18.9 Å². The summed E-state index contributed by atoms with van der Waals surface area (Å²) in [6.45, 7) is 3.63. The highest BCUT2D eigenvalue weighted by Crippen LogP contribution is 2.44. The van der Waals surface area contributed by atoms with Crippen molar-refractivity contribution in [3.63, 3.8) is 0 Å². The van der Waals surface area contributed by atoms with Crippen molar-refractivity contribution in [1.82, 2.24) is 0 Å². The molecule has 1 unspecified atom stereocenters. The maximum Gasteiger partial charge on any atom is 0.425 e. The van der Waals surface area contributed by atoms with E-state index in [0.29, 0.717) is 0 Å². The number of aliphatic hydroxyl groups is 1. The molecule has 182 valence electrons. The lowest BCUT2D eigenvalue weighted by Gasteiger charge is -2.32. The first-order chi connectivity index (χ1) is 15.8. The van der Waals surface area contributed by atoms with E-state index < -0.39 is 27.4 Å². The van der Waals surface area contributed by atoms with Crippen molar-refractivity contribution in [3.05, 3.63) is 94.0 Å². The zero-order valence-corrected chi connectivity index (χ0v) is 20.6. The number of anilines is 1. The van der Waals surface area contributed by atoms with Crippen LogP contribution in [0.25, 0.3) is 0 Å². The van der Waals surface area contributed by atoms with Gasteiger partial charge in [-0.3, -0.25) is 4.31 Å². The number of benzene rings is 3. The van der Waals surface area contributed by atoms with E-state index in [2.05, 4.69) is 0 Å². The summed E-state index contributed by atoms with van der Waals surface area (Å²) in [7, 11) is -4.20. The van der Waals surface area contributed by atoms with Crippen LogP contribution >= 0.6 is 23.2 Å². The SMILES string of the molecule is CC(C)CN(c1ccc(C(O)(c2ccccc2)C(F)(F)F)cc1)S(=O)(=O)c1cc(Cl)ccc1Cl. The van der Waals surface area contributed by atoms with Gasteiger partial charge in [0.2, 0.25) is 5.60 Å². The van der Waals surface area contributed by atoms with Crippen molar-refractivity contribution >= 4 is 38.9 Å². The molecule has 0 aromatic heterocycles. The lowest BCUT2D eigenvalue weighted by molar-refractivity contribution is -0.248. The number of hydrogen-bond donors (Lipinski definition) is 1. The standard InChI is InChI=1S/C24H22Cl2F3NO3S/c1-16(2)15-30(34(32,33)22-14-19(25)10-13-21(22)26)20-11-8-18(9-12-20)23(31,24(27,28)29)17-6-4-3-5-7-17/h3-14,16,31H,15H2,1-2H3. The first-order valence-corrected chi connectivity index (χ1v) is 12.4. The van der Waals surface area contributed by atoms with Crippen molar-refractivity contribution in [2.24, 2.45) is 5.92 Å². The van der Waals surface area contributed by atoms with E-state index in [9.17, 15) is 26.7 Å². The lowest BCUT2D eigenvalue weighted by atomic mass is 9.85. The molecule has 0 amide bonds. The number of rotatable bonds is 7. The van der Waals surface area contributed by atoms with Gasteiger partial charge in [0, 0.05) is 11.6 Å². The van der Waals surface area contributed by atoms with Crippen molar-refractivity contribution in [1.29, 1.82) is 0 Å².